The number of nitrogens with one attached hydrogen (secondary N) is 1. The molecule has 1 heterocycles. The summed E-state index contributed by atoms with van der Waals surface area (Å²) in [6, 6.07) is 15.0. The van der Waals surface area contributed by atoms with E-state index in [2.05, 4.69) is 10.4 Å². The predicted octanol–water partition coefficient (Wildman–Crippen LogP) is 3.72. The van der Waals surface area contributed by atoms with Crippen LogP contribution in [0.25, 0.3) is 10.8 Å². The molecule has 0 saturated heterocycles. The van der Waals surface area contributed by atoms with Crippen molar-refractivity contribution in [3.8, 4) is 0 Å². The van der Waals surface area contributed by atoms with Crippen molar-refractivity contribution in [2.75, 3.05) is 0 Å². The number of rotatable bonds is 4. The molecule has 0 unspecified atom stereocenters. The van der Waals surface area contributed by atoms with Gasteiger partial charge in [-0.1, -0.05) is 54.8 Å². The summed E-state index contributed by atoms with van der Waals surface area (Å²) < 4.78 is 1.33. The number of hydrogen-bond donors (Lipinski definition) is 1. The van der Waals surface area contributed by atoms with E-state index in [1.54, 1.807) is 13.1 Å². The number of hydrogen-bond acceptors (Lipinski definition) is 3. The molecule has 1 N–H and O–H groups in total. The molecule has 1 saturated carbocycles. The summed E-state index contributed by atoms with van der Waals surface area (Å²) in [5, 5.41) is 9.51. The van der Waals surface area contributed by atoms with Crippen molar-refractivity contribution in [2.45, 2.75) is 37.6 Å². The first-order chi connectivity index (χ1) is 13.5. The molecule has 0 radical (unpaired) electrons. The normalized spacial score (nSPS) is 15.6. The van der Waals surface area contributed by atoms with Crippen molar-refractivity contribution in [1.82, 2.24) is 15.1 Å². The van der Waals surface area contributed by atoms with Crippen molar-refractivity contribution in [1.29, 1.82) is 0 Å². The lowest BCUT2D eigenvalue weighted by atomic mass is 9.78. The van der Waals surface area contributed by atoms with Crippen LogP contribution >= 0.6 is 11.6 Å². The molecule has 28 heavy (non-hydrogen) atoms. The molecule has 144 valence electrons. The van der Waals surface area contributed by atoms with E-state index in [0.29, 0.717) is 16.1 Å². The number of carbonyl (C=O) groups is 1. The van der Waals surface area contributed by atoms with Crippen LogP contribution in [-0.2, 0) is 23.8 Å². The summed E-state index contributed by atoms with van der Waals surface area (Å²) in [5.74, 6) is 0.00653. The SMILES string of the molecule is Cn1nc(CNC(=O)C2(c3ccc(Cl)cc3)CCCC2)c2ccccc2c1=O. The van der Waals surface area contributed by atoms with Gasteiger partial charge in [-0.15, -0.1) is 0 Å². The molecule has 1 fully saturated rings. The summed E-state index contributed by atoms with van der Waals surface area (Å²) >= 11 is 6.03. The maximum atomic E-state index is 13.3. The molecule has 5 nitrogen and oxygen atoms in total. The van der Waals surface area contributed by atoms with Crippen LogP contribution in [0.5, 0.6) is 0 Å². The standard InChI is InChI=1S/C22H22ClN3O2/c1-26-20(27)18-7-3-2-6-17(18)19(25-26)14-24-21(28)22(12-4-5-13-22)15-8-10-16(23)11-9-15/h2-3,6-11H,4-5,12-14H2,1H3,(H,24,28). The Bertz CT molecular complexity index is 1080. The van der Waals surface area contributed by atoms with Gasteiger partial charge in [-0.05, 0) is 36.6 Å². The van der Waals surface area contributed by atoms with E-state index >= 15 is 0 Å². The molecule has 0 aliphatic heterocycles. The van der Waals surface area contributed by atoms with Crippen LogP contribution in [0.3, 0.4) is 0 Å². The first kappa shape index (κ1) is 18.7. The Labute approximate surface area is 168 Å². The number of amides is 1. The van der Waals surface area contributed by atoms with Gasteiger partial charge in [-0.3, -0.25) is 9.59 Å². The minimum Gasteiger partial charge on any atom is -0.350 e. The first-order valence-corrected chi connectivity index (χ1v) is 9.88. The van der Waals surface area contributed by atoms with Crippen LogP contribution in [0.4, 0.5) is 0 Å². The zero-order chi connectivity index (χ0) is 19.7. The fourth-order valence-corrected chi connectivity index (χ4v) is 4.36. The van der Waals surface area contributed by atoms with Crippen molar-refractivity contribution in [2.24, 2.45) is 7.05 Å². The van der Waals surface area contributed by atoms with Crippen LogP contribution in [0.15, 0.2) is 53.3 Å². The van der Waals surface area contributed by atoms with E-state index in [1.807, 2.05) is 42.5 Å². The number of aryl methyl sites for hydroxylation is 1. The largest absolute Gasteiger partial charge is 0.350 e. The summed E-state index contributed by atoms with van der Waals surface area (Å²) in [6.07, 6.45) is 3.69. The smallest absolute Gasteiger partial charge is 0.274 e. The topological polar surface area (TPSA) is 64.0 Å². The molecule has 0 spiro atoms. The van der Waals surface area contributed by atoms with Gasteiger partial charge in [0.05, 0.1) is 23.0 Å². The highest BCUT2D eigenvalue weighted by atomic mass is 35.5. The van der Waals surface area contributed by atoms with Crippen LogP contribution in [0.1, 0.15) is 36.9 Å². The van der Waals surface area contributed by atoms with Gasteiger partial charge in [-0.25, -0.2) is 4.68 Å². The lowest BCUT2D eigenvalue weighted by Crippen LogP contribution is -2.42. The molecule has 1 aromatic heterocycles. The molecule has 4 rings (SSSR count). The third-order valence-corrected chi connectivity index (χ3v) is 5.99. The van der Waals surface area contributed by atoms with Crippen molar-refractivity contribution in [3.05, 3.63) is 75.2 Å². The molecule has 6 heteroatoms. The highest BCUT2D eigenvalue weighted by molar-refractivity contribution is 6.30. The van der Waals surface area contributed by atoms with Gasteiger partial charge in [0, 0.05) is 17.5 Å². The lowest BCUT2D eigenvalue weighted by molar-refractivity contribution is -0.126. The Balaban J connectivity index is 1.63. The average Bonchev–Trinajstić information content (AvgIpc) is 3.21. The molecular formula is C22H22ClN3O2. The molecule has 0 bridgehead atoms. The number of halogens is 1. The maximum Gasteiger partial charge on any atom is 0.274 e. The summed E-state index contributed by atoms with van der Waals surface area (Å²) in [7, 11) is 1.63. The van der Waals surface area contributed by atoms with E-state index < -0.39 is 5.41 Å². The second kappa shape index (κ2) is 7.40. The fourth-order valence-electron chi connectivity index (χ4n) is 4.23. The van der Waals surface area contributed by atoms with E-state index in [4.69, 9.17) is 11.6 Å². The minimum atomic E-state index is -0.527. The monoisotopic (exact) mass is 395 g/mol. The summed E-state index contributed by atoms with van der Waals surface area (Å²) in [5.41, 5.74) is 1.03. The molecule has 1 aliphatic rings. The quantitative estimate of drug-likeness (QED) is 0.732. The Morgan fingerprint density at radius 3 is 2.43 bits per heavy atom. The third-order valence-electron chi connectivity index (χ3n) is 5.74. The zero-order valence-corrected chi connectivity index (χ0v) is 16.5. The van der Waals surface area contributed by atoms with Gasteiger partial charge in [0.2, 0.25) is 5.91 Å². The molecule has 0 atom stereocenters. The van der Waals surface area contributed by atoms with E-state index in [0.717, 1.165) is 36.6 Å². The number of carbonyl (C=O) groups excluding carboxylic acids is 1. The Morgan fingerprint density at radius 1 is 1.11 bits per heavy atom. The number of aromatic nitrogens is 2. The van der Waals surface area contributed by atoms with Crippen LogP contribution < -0.4 is 10.9 Å². The molecule has 2 aromatic carbocycles. The second-order valence-corrected chi connectivity index (χ2v) is 7.84. The van der Waals surface area contributed by atoms with Gasteiger partial charge in [0.1, 0.15) is 0 Å². The molecule has 3 aromatic rings. The lowest BCUT2D eigenvalue weighted by Gasteiger charge is -2.28. The van der Waals surface area contributed by atoms with Gasteiger partial charge >= 0.3 is 0 Å². The van der Waals surface area contributed by atoms with Crippen LogP contribution in [0.2, 0.25) is 5.02 Å². The van der Waals surface area contributed by atoms with Crippen molar-refractivity contribution < 1.29 is 4.79 Å². The summed E-state index contributed by atoms with van der Waals surface area (Å²) in [6.45, 7) is 0.281. The fraction of sp³-hybridized carbons (Fsp3) is 0.318. The average molecular weight is 396 g/mol. The zero-order valence-electron chi connectivity index (χ0n) is 15.7. The minimum absolute atomic E-state index is 0.00653. The van der Waals surface area contributed by atoms with Gasteiger partial charge in [-0.2, -0.15) is 5.10 Å². The third kappa shape index (κ3) is 3.20. The summed E-state index contributed by atoms with van der Waals surface area (Å²) in [4.78, 5) is 25.6. The number of nitrogens with zero attached hydrogens (tertiary/aromatic N) is 2. The highest BCUT2D eigenvalue weighted by Crippen LogP contribution is 2.41. The molecule has 1 amide bonds. The number of benzene rings is 2. The van der Waals surface area contributed by atoms with Gasteiger partial charge < -0.3 is 5.32 Å². The first-order valence-electron chi connectivity index (χ1n) is 9.50. The molecule has 1 aliphatic carbocycles. The van der Waals surface area contributed by atoms with E-state index in [1.165, 1.54) is 4.68 Å². The predicted molar refractivity (Wildman–Crippen MR) is 110 cm³/mol. The van der Waals surface area contributed by atoms with Gasteiger partial charge in [0.15, 0.2) is 0 Å². The van der Waals surface area contributed by atoms with Crippen LogP contribution in [-0.4, -0.2) is 15.7 Å². The number of fused-ring (bicyclic) bond motifs is 1. The molecular weight excluding hydrogens is 374 g/mol. The Hall–Kier alpha value is -2.66. The Kier molecular flexibility index (Phi) is 4.94. The van der Waals surface area contributed by atoms with Crippen LogP contribution in [0, 0.1) is 0 Å². The highest BCUT2D eigenvalue weighted by Gasteiger charge is 2.42. The Morgan fingerprint density at radius 2 is 1.75 bits per heavy atom. The van der Waals surface area contributed by atoms with E-state index in [-0.39, 0.29) is 18.0 Å². The van der Waals surface area contributed by atoms with Gasteiger partial charge in [0.25, 0.3) is 5.56 Å². The van der Waals surface area contributed by atoms with Crippen molar-refractivity contribution >= 4 is 28.3 Å². The maximum absolute atomic E-state index is 13.3. The van der Waals surface area contributed by atoms with Crippen molar-refractivity contribution in [3.63, 3.8) is 0 Å². The van der Waals surface area contributed by atoms with E-state index in [9.17, 15) is 9.59 Å². The second-order valence-electron chi connectivity index (χ2n) is 7.40.